The van der Waals surface area contributed by atoms with Gasteiger partial charge < -0.3 is 10.6 Å². The van der Waals surface area contributed by atoms with Crippen molar-refractivity contribution in [3.8, 4) is 0 Å². The van der Waals surface area contributed by atoms with E-state index in [2.05, 4.69) is 20.8 Å². The lowest BCUT2D eigenvalue weighted by Gasteiger charge is -2.10. The topological polar surface area (TPSA) is 84.0 Å². The number of nitrogens with zero attached hydrogens (tertiary/aromatic N) is 2. The molecule has 0 aliphatic carbocycles. The number of aromatic nitrogens is 2. The summed E-state index contributed by atoms with van der Waals surface area (Å²) >= 11 is 5.63. The fraction of sp³-hybridized carbons (Fsp3) is 0.143. The summed E-state index contributed by atoms with van der Waals surface area (Å²) in [5.74, 6) is -0.550. The van der Waals surface area contributed by atoms with Crippen molar-refractivity contribution in [2.75, 3.05) is 12.4 Å². The van der Waals surface area contributed by atoms with Gasteiger partial charge in [0.2, 0.25) is 5.91 Å². The molecule has 0 saturated carbocycles. The lowest BCUT2D eigenvalue weighted by atomic mass is 10.1. The predicted molar refractivity (Wildman–Crippen MR) is 79.2 cm³/mol. The van der Waals surface area contributed by atoms with Gasteiger partial charge in [0.15, 0.2) is 10.8 Å². The Morgan fingerprint density at radius 1 is 1.14 bits per heavy atom. The largest absolute Gasteiger partial charge is 0.359 e. The summed E-state index contributed by atoms with van der Waals surface area (Å²) in [5.41, 5.74) is 1.42. The molecule has 0 aliphatic heterocycles. The zero-order valence-electron chi connectivity index (χ0n) is 11.3. The maximum Gasteiger partial charge on any atom is 0.276 e. The number of para-hydroxylation sites is 1. The van der Waals surface area contributed by atoms with E-state index < -0.39 is 5.91 Å². The molecule has 2 N–H and O–H groups in total. The first-order chi connectivity index (χ1) is 10.1. The Morgan fingerprint density at radius 2 is 1.90 bits per heavy atom. The highest BCUT2D eigenvalue weighted by Gasteiger charge is 2.12. The van der Waals surface area contributed by atoms with Crippen LogP contribution in [0.4, 0.5) is 5.69 Å². The third-order valence-corrected chi connectivity index (χ3v) is 2.96. The molecule has 0 saturated heterocycles. The number of amides is 2. The van der Waals surface area contributed by atoms with E-state index in [1.54, 1.807) is 31.3 Å². The molecule has 0 aliphatic rings. The molecule has 108 valence electrons. The molecule has 1 aromatic carbocycles. The van der Waals surface area contributed by atoms with E-state index in [-0.39, 0.29) is 23.2 Å². The molecule has 0 atom stereocenters. The summed E-state index contributed by atoms with van der Waals surface area (Å²) in [6.07, 6.45) is 0.180. The van der Waals surface area contributed by atoms with Gasteiger partial charge in [0.05, 0.1) is 6.42 Å². The highest BCUT2D eigenvalue weighted by atomic mass is 35.5. The predicted octanol–water partition coefficient (Wildman–Crippen LogP) is 1.67. The van der Waals surface area contributed by atoms with Crippen LogP contribution in [-0.2, 0) is 11.2 Å². The lowest BCUT2D eigenvalue weighted by Crippen LogP contribution is -2.21. The second-order valence-corrected chi connectivity index (χ2v) is 4.59. The summed E-state index contributed by atoms with van der Waals surface area (Å²) in [6, 6.07) is 10.0. The normalized spacial score (nSPS) is 10.0. The number of hydrogen-bond donors (Lipinski definition) is 2. The first kappa shape index (κ1) is 14.9. The summed E-state index contributed by atoms with van der Waals surface area (Å²) in [6.45, 7) is 0. The van der Waals surface area contributed by atoms with Gasteiger partial charge >= 0.3 is 0 Å². The second kappa shape index (κ2) is 6.81. The van der Waals surface area contributed by atoms with Crippen LogP contribution < -0.4 is 10.6 Å². The van der Waals surface area contributed by atoms with Crippen molar-refractivity contribution in [1.82, 2.24) is 15.5 Å². The number of carbonyl (C=O) groups excluding carboxylic acids is 2. The van der Waals surface area contributed by atoms with Gasteiger partial charge in [0.25, 0.3) is 5.91 Å². The van der Waals surface area contributed by atoms with Gasteiger partial charge in [-0.05, 0) is 23.8 Å². The molecule has 2 aromatic rings. The Labute approximate surface area is 126 Å². The first-order valence-electron chi connectivity index (χ1n) is 6.19. The van der Waals surface area contributed by atoms with E-state index in [1.807, 2.05) is 0 Å². The van der Waals surface area contributed by atoms with E-state index in [4.69, 9.17) is 11.6 Å². The Hall–Kier alpha value is -2.47. The molecule has 7 heteroatoms. The number of hydrogen-bond acceptors (Lipinski definition) is 4. The van der Waals surface area contributed by atoms with Crippen LogP contribution >= 0.6 is 11.6 Å². The third kappa shape index (κ3) is 4.00. The standard InChI is InChI=1S/C14H13ClN4O2/c1-16-13(20)8-9-4-2-3-5-10(9)17-14(21)11-6-7-12(15)19-18-11/h2-7H,8H2,1H3,(H,16,20)(H,17,21). The molecular weight excluding hydrogens is 292 g/mol. The smallest absolute Gasteiger partial charge is 0.276 e. The van der Waals surface area contributed by atoms with Crippen molar-refractivity contribution in [2.24, 2.45) is 0 Å². The van der Waals surface area contributed by atoms with Crippen LogP contribution in [0, 0.1) is 0 Å². The summed E-state index contributed by atoms with van der Waals surface area (Å²) < 4.78 is 0. The fourth-order valence-electron chi connectivity index (χ4n) is 1.68. The quantitative estimate of drug-likeness (QED) is 0.900. The number of anilines is 1. The summed E-state index contributed by atoms with van der Waals surface area (Å²) in [5, 5.41) is 12.8. The van der Waals surface area contributed by atoms with Crippen LogP contribution in [-0.4, -0.2) is 29.1 Å². The van der Waals surface area contributed by atoms with Gasteiger partial charge in [0.1, 0.15) is 0 Å². The van der Waals surface area contributed by atoms with Crippen LogP contribution in [0.1, 0.15) is 16.1 Å². The van der Waals surface area contributed by atoms with Crippen molar-refractivity contribution in [1.29, 1.82) is 0 Å². The number of benzene rings is 1. The first-order valence-corrected chi connectivity index (χ1v) is 6.57. The average Bonchev–Trinajstić information content (AvgIpc) is 2.49. The van der Waals surface area contributed by atoms with Crippen LogP contribution in [0.15, 0.2) is 36.4 Å². The fourth-order valence-corrected chi connectivity index (χ4v) is 1.78. The van der Waals surface area contributed by atoms with Crippen LogP contribution in [0.5, 0.6) is 0 Å². The Morgan fingerprint density at radius 3 is 2.57 bits per heavy atom. The SMILES string of the molecule is CNC(=O)Cc1ccccc1NC(=O)c1ccc(Cl)nn1. The van der Waals surface area contributed by atoms with Crippen molar-refractivity contribution < 1.29 is 9.59 Å². The molecule has 0 radical (unpaired) electrons. The van der Waals surface area contributed by atoms with Gasteiger partial charge in [-0.3, -0.25) is 9.59 Å². The van der Waals surface area contributed by atoms with Crippen LogP contribution in [0.25, 0.3) is 0 Å². The zero-order chi connectivity index (χ0) is 15.2. The minimum atomic E-state index is -0.413. The maximum atomic E-state index is 12.1. The monoisotopic (exact) mass is 304 g/mol. The highest BCUT2D eigenvalue weighted by Crippen LogP contribution is 2.16. The molecule has 2 amide bonds. The minimum Gasteiger partial charge on any atom is -0.359 e. The van der Waals surface area contributed by atoms with Crippen molar-refractivity contribution in [2.45, 2.75) is 6.42 Å². The number of nitrogens with one attached hydrogen (secondary N) is 2. The van der Waals surface area contributed by atoms with E-state index in [1.165, 1.54) is 12.1 Å². The maximum absolute atomic E-state index is 12.1. The molecule has 6 nitrogen and oxygen atoms in total. The molecule has 0 spiro atoms. The molecule has 0 bridgehead atoms. The van der Waals surface area contributed by atoms with E-state index in [9.17, 15) is 9.59 Å². The van der Waals surface area contributed by atoms with Gasteiger partial charge in [-0.15, -0.1) is 10.2 Å². The molecule has 0 unspecified atom stereocenters. The number of likely N-dealkylation sites (N-methyl/N-ethyl adjacent to an activating group) is 1. The molecule has 0 fully saturated rings. The summed E-state index contributed by atoms with van der Waals surface area (Å²) in [4.78, 5) is 23.5. The van der Waals surface area contributed by atoms with Crippen LogP contribution in [0.3, 0.4) is 0 Å². The van der Waals surface area contributed by atoms with Gasteiger partial charge in [-0.2, -0.15) is 0 Å². The number of carbonyl (C=O) groups is 2. The van der Waals surface area contributed by atoms with Crippen molar-refractivity contribution in [3.05, 3.63) is 52.8 Å². The molecule has 1 heterocycles. The van der Waals surface area contributed by atoms with Gasteiger partial charge in [0, 0.05) is 12.7 Å². The lowest BCUT2D eigenvalue weighted by molar-refractivity contribution is -0.119. The third-order valence-electron chi connectivity index (χ3n) is 2.76. The van der Waals surface area contributed by atoms with Gasteiger partial charge in [-0.1, -0.05) is 29.8 Å². The van der Waals surface area contributed by atoms with Crippen molar-refractivity contribution >= 4 is 29.1 Å². The molecule has 1 aromatic heterocycles. The van der Waals surface area contributed by atoms with E-state index >= 15 is 0 Å². The number of halogens is 1. The van der Waals surface area contributed by atoms with Crippen molar-refractivity contribution in [3.63, 3.8) is 0 Å². The highest BCUT2D eigenvalue weighted by molar-refractivity contribution is 6.29. The van der Waals surface area contributed by atoms with Gasteiger partial charge in [-0.25, -0.2) is 0 Å². The average molecular weight is 305 g/mol. The summed E-state index contributed by atoms with van der Waals surface area (Å²) in [7, 11) is 1.56. The Kier molecular flexibility index (Phi) is 4.84. The van der Waals surface area contributed by atoms with E-state index in [0.717, 1.165) is 0 Å². The Balaban J connectivity index is 2.17. The molecular formula is C14H13ClN4O2. The van der Waals surface area contributed by atoms with Crippen LogP contribution in [0.2, 0.25) is 5.15 Å². The van der Waals surface area contributed by atoms with E-state index in [0.29, 0.717) is 11.3 Å². The zero-order valence-corrected chi connectivity index (χ0v) is 12.0. The minimum absolute atomic E-state index is 0.136. The Bertz CT molecular complexity index is 658. The second-order valence-electron chi connectivity index (χ2n) is 4.20. The molecule has 2 rings (SSSR count). The number of rotatable bonds is 4. The molecule has 21 heavy (non-hydrogen) atoms.